The van der Waals surface area contributed by atoms with Gasteiger partial charge in [0.2, 0.25) is 0 Å². The van der Waals surface area contributed by atoms with Gasteiger partial charge in [-0.1, -0.05) is 378 Å². The molecule has 0 aliphatic carbocycles. The van der Waals surface area contributed by atoms with Crippen LogP contribution in [0.3, 0.4) is 0 Å². The zero-order valence-corrected chi connectivity index (χ0v) is 78.3. The summed E-state index contributed by atoms with van der Waals surface area (Å²) in [6, 6.07) is 107. The summed E-state index contributed by atoms with van der Waals surface area (Å²) in [5, 5.41) is 9.66. The van der Waals surface area contributed by atoms with Crippen molar-refractivity contribution in [1.29, 1.82) is 0 Å². The van der Waals surface area contributed by atoms with Gasteiger partial charge >= 0.3 is 0 Å². The van der Waals surface area contributed by atoms with E-state index < -0.39 is 0 Å². The van der Waals surface area contributed by atoms with Gasteiger partial charge in [0.05, 0.1) is 22.7 Å². The molecule has 4 nitrogen and oxygen atoms in total. The Morgan fingerprint density at radius 1 is 0.125 bits per heavy atom. The largest absolute Gasteiger partial charge is 0.309 e. The van der Waals surface area contributed by atoms with Crippen LogP contribution in [0.15, 0.2) is 279 Å². The summed E-state index contributed by atoms with van der Waals surface area (Å²) in [5.41, 5.74) is 27.2. The number of rotatable bonds is 12. The van der Waals surface area contributed by atoms with Gasteiger partial charge in [-0.05, 0) is 219 Å². The molecule has 0 heterocycles. The quantitative estimate of drug-likeness (QED) is 0.0893. The first kappa shape index (κ1) is 87.1. The molecule has 14 aromatic carbocycles. The van der Waals surface area contributed by atoms with Crippen LogP contribution in [0.1, 0.15) is 263 Å². The first-order valence-corrected chi connectivity index (χ1v) is 43.9. The molecular formula is C116H136N4. The van der Waals surface area contributed by atoms with E-state index >= 15 is 0 Å². The number of benzene rings is 14. The van der Waals surface area contributed by atoms with Crippen LogP contribution in [0.4, 0.5) is 68.2 Å². The molecule has 0 spiro atoms. The molecule has 0 saturated carbocycles. The monoisotopic (exact) mass is 1590 g/mol. The Kier molecular flexibility index (Phi) is 23.3. The Bertz CT molecular complexity index is 5310. The molecule has 0 aliphatic rings. The molecule has 0 radical (unpaired) electrons. The van der Waals surface area contributed by atoms with E-state index in [1.807, 2.05) is 0 Å². The van der Waals surface area contributed by atoms with Crippen LogP contribution in [-0.2, 0) is 54.1 Å². The zero-order valence-electron chi connectivity index (χ0n) is 78.3. The van der Waals surface area contributed by atoms with Crippen molar-refractivity contribution in [1.82, 2.24) is 0 Å². The lowest BCUT2D eigenvalue weighted by Gasteiger charge is -2.35. The first-order valence-electron chi connectivity index (χ1n) is 43.9. The Hall–Kier alpha value is -10.7. The molecule has 14 aromatic rings. The lowest BCUT2D eigenvalue weighted by molar-refractivity contribution is 0.590. The molecule has 0 aliphatic heterocycles. The average molecular weight is 1590 g/mol. The minimum Gasteiger partial charge on any atom is -0.309 e. The fourth-order valence-electron chi connectivity index (χ4n) is 16.7. The number of hydrogen-bond donors (Lipinski definition) is 0. The van der Waals surface area contributed by atoms with Crippen molar-refractivity contribution >= 4 is 111 Å². The number of anilines is 12. The van der Waals surface area contributed by atoms with Crippen molar-refractivity contribution < 1.29 is 0 Å². The molecule has 120 heavy (non-hydrogen) atoms. The summed E-state index contributed by atoms with van der Waals surface area (Å²) >= 11 is 0. The molecule has 4 heteroatoms. The van der Waals surface area contributed by atoms with Gasteiger partial charge in [0, 0.05) is 88.6 Å². The van der Waals surface area contributed by atoms with Gasteiger partial charge < -0.3 is 19.6 Å². The minimum atomic E-state index is -0.0739. The third-order valence-corrected chi connectivity index (χ3v) is 24.5. The van der Waals surface area contributed by atoms with Gasteiger partial charge in [-0.25, -0.2) is 0 Å². The second-order valence-electron chi connectivity index (χ2n) is 44.2. The molecule has 0 bridgehead atoms. The molecule has 0 fully saturated rings. The summed E-state index contributed by atoms with van der Waals surface area (Å²) in [6.07, 6.45) is 0. The molecule has 0 atom stereocenters. The van der Waals surface area contributed by atoms with Gasteiger partial charge in [0.1, 0.15) is 0 Å². The van der Waals surface area contributed by atoms with Gasteiger partial charge in [-0.15, -0.1) is 0 Å². The van der Waals surface area contributed by atoms with Crippen LogP contribution in [0.5, 0.6) is 0 Å². The average Bonchev–Trinajstić information content (AvgIpc) is 0.720. The number of hydrogen-bond acceptors (Lipinski definition) is 4. The lowest BCUT2D eigenvalue weighted by atomic mass is 9.82. The van der Waals surface area contributed by atoms with E-state index in [1.165, 1.54) is 121 Å². The third kappa shape index (κ3) is 18.3. The maximum Gasteiger partial charge on any atom is 0.0620 e. The molecule has 0 unspecified atom stereocenters. The van der Waals surface area contributed by atoms with Crippen molar-refractivity contribution in [2.24, 2.45) is 0 Å². The predicted octanol–water partition coefficient (Wildman–Crippen LogP) is 34.8. The van der Waals surface area contributed by atoms with Crippen LogP contribution in [0.25, 0.3) is 43.1 Å². The maximum atomic E-state index is 2.54. The van der Waals surface area contributed by atoms with Crippen molar-refractivity contribution in [2.75, 3.05) is 19.6 Å². The fraction of sp³-hybridized carbons (Fsp3) is 0.345. The molecule has 14 rings (SSSR count). The highest BCUT2D eigenvalue weighted by atomic mass is 15.2. The summed E-state index contributed by atoms with van der Waals surface area (Å²) in [4.78, 5) is 10.0. The maximum absolute atomic E-state index is 2.54. The number of nitrogens with zero attached hydrogens (tertiary/aromatic N) is 4. The Labute approximate surface area is 722 Å². The molecule has 620 valence electrons. The smallest absolute Gasteiger partial charge is 0.0620 e. The van der Waals surface area contributed by atoms with Crippen LogP contribution in [0, 0.1) is 0 Å². The van der Waals surface area contributed by atoms with Crippen LogP contribution in [0.2, 0.25) is 0 Å². The van der Waals surface area contributed by atoms with E-state index in [-0.39, 0.29) is 54.1 Å². The Morgan fingerprint density at radius 2 is 0.242 bits per heavy atom. The van der Waals surface area contributed by atoms with E-state index in [9.17, 15) is 0 Å². The van der Waals surface area contributed by atoms with Crippen LogP contribution >= 0.6 is 0 Å². The second kappa shape index (κ2) is 32.0. The van der Waals surface area contributed by atoms with E-state index in [2.05, 4.69) is 506 Å². The van der Waals surface area contributed by atoms with Crippen LogP contribution < -0.4 is 19.6 Å². The highest BCUT2D eigenvalue weighted by Crippen LogP contribution is 2.56. The van der Waals surface area contributed by atoms with E-state index in [4.69, 9.17) is 0 Å². The predicted molar refractivity (Wildman–Crippen MR) is 529 cm³/mol. The third-order valence-electron chi connectivity index (χ3n) is 24.5. The Balaban J connectivity index is 0.000000209. The summed E-state index contributed by atoms with van der Waals surface area (Å²) in [7, 11) is 0. The van der Waals surface area contributed by atoms with Gasteiger partial charge in [-0.3, -0.25) is 0 Å². The zero-order chi connectivity index (χ0) is 87.2. The molecule has 0 N–H and O–H groups in total. The summed E-state index contributed by atoms with van der Waals surface area (Å²) in [6.45, 7) is 68.9. The molecular weight excluding hydrogens is 1450 g/mol. The SMILES string of the molecule is CC(C)(C)c1ccc(N(c2ccc(C(C)(C)C)cc2)c2c3ccc(C(C)(C)C)cc3c(N(c3ccc(C(C)(C)C)cc3)c3ccc(C(C)(C)C)cc3)c3ccc(C(C)(C)C)cc23)cc1.CC(C)(C)c1ccc(N(c2ccc(C(C)(C)C)cc2)c2c3ccccc3c(N(c3ccc(C(C)(C)C)cc3)c3ccc(C(C)(C)C)cc3)c3ccccc23)cc1. The highest BCUT2D eigenvalue weighted by molar-refractivity contribution is 6.25. The van der Waals surface area contributed by atoms with E-state index in [0.717, 1.165) is 45.5 Å². The van der Waals surface area contributed by atoms with E-state index in [1.54, 1.807) is 0 Å². The molecule has 0 aromatic heterocycles. The normalized spacial score (nSPS) is 12.9. The van der Waals surface area contributed by atoms with Gasteiger partial charge in [-0.2, -0.15) is 0 Å². The second-order valence-corrected chi connectivity index (χ2v) is 44.2. The molecule has 0 amide bonds. The lowest BCUT2D eigenvalue weighted by Crippen LogP contribution is -2.18. The van der Waals surface area contributed by atoms with E-state index in [0.29, 0.717) is 0 Å². The topological polar surface area (TPSA) is 13.0 Å². The van der Waals surface area contributed by atoms with Crippen molar-refractivity contribution in [3.05, 3.63) is 335 Å². The fourth-order valence-corrected chi connectivity index (χ4v) is 16.7. The highest BCUT2D eigenvalue weighted by Gasteiger charge is 2.33. The molecule has 0 saturated heterocycles. The first-order chi connectivity index (χ1) is 55.8. The van der Waals surface area contributed by atoms with Gasteiger partial charge in [0.25, 0.3) is 0 Å². The summed E-state index contributed by atoms with van der Waals surface area (Å²) < 4.78 is 0. The Morgan fingerprint density at radius 3 is 0.375 bits per heavy atom. The van der Waals surface area contributed by atoms with Gasteiger partial charge in [0.15, 0.2) is 0 Å². The van der Waals surface area contributed by atoms with Crippen LogP contribution in [-0.4, -0.2) is 0 Å². The van der Waals surface area contributed by atoms with Crippen molar-refractivity contribution in [2.45, 2.75) is 262 Å². The minimum absolute atomic E-state index is 0.0311. The van der Waals surface area contributed by atoms with Crippen molar-refractivity contribution in [3.63, 3.8) is 0 Å². The van der Waals surface area contributed by atoms with Crippen molar-refractivity contribution in [3.8, 4) is 0 Å². The summed E-state index contributed by atoms with van der Waals surface area (Å²) in [5.74, 6) is 0. The standard InChI is InChI=1S/C62H76N2.C54H60N2/c1-57(2,3)41-19-29-47(30-20-41)63(48-31-21-42(22-32-48)58(4,5)6)55-51-37-27-46(62(16,17)18)40-54(51)56(52-38-28-45(39-53(52)55)61(13,14)15)64(49-33-23-43(24-34-49)59(7,8)9)50-35-25-44(26-36-50)60(10,11)12;1-51(2,3)37-21-29-41(30-22-37)55(42-31-23-38(24-32-42)52(4,5)6)49-45-17-13-15-19-47(45)50(48-20-16-14-18-46(48)49)56(43-33-25-39(26-34-43)53(7,8)9)44-35-27-40(28-36-44)54(10,11)12/h19-40H,1-18H3;13-36H,1-12H3. The number of fused-ring (bicyclic) bond motifs is 4.